The second-order valence-electron chi connectivity index (χ2n) is 5.55. The van der Waals surface area contributed by atoms with Crippen LogP contribution in [0.4, 0.5) is 14.5 Å². The molecule has 0 fully saturated rings. The highest BCUT2D eigenvalue weighted by atomic mass is 35.5. The molecule has 140 valence electrons. The van der Waals surface area contributed by atoms with Crippen LogP contribution in [-0.4, -0.2) is 18.0 Å². The molecule has 1 amide bonds. The Morgan fingerprint density at radius 3 is 2.78 bits per heavy atom. The number of pyridine rings is 1. The lowest BCUT2D eigenvalue weighted by Gasteiger charge is -2.12. The molecule has 0 saturated carbocycles. The lowest BCUT2D eigenvalue weighted by molar-refractivity contribution is -0.115. The Balaban J connectivity index is 1.93. The normalized spacial score (nSPS) is 10.9. The van der Waals surface area contributed by atoms with Gasteiger partial charge in [0.15, 0.2) is 11.6 Å². The fourth-order valence-electron chi connectivity index (χ4n) is 2.65. The van der Waals surface area contributed by atoms with Crippen molar-refractivity contribution in [3.63, 3.8) is 0 Å². The third-order valence-corrected chi connectivity index (χ3v) is 4.83. The molecule has 0 unspecified atom stereocenters. The molecule has 1 aromatic heterocycles. The largest absolute Gasteiger partial charge is 0.481 e. The van der Waals surface area contributed by atoms with Crippen molar-refractivity contribution in [2.45, 2.75) is 11.3 Å². The number of hydrogen-bond acceptors (Lipinski definition) is 5. The van der Waals surface area contributed by atoms with E-state index in [0.717, 1.165) is 23.4 Å². The summed E-state index contributed by atoms with van der Waals surface area (Å²) in [5, 5.41) is 9.81. The van der Waals surface area contributed by atoms with Crippen molar-refractivity contribution in [3.05, 3.63) is 58.7 Å². The number of fused-ring (bicyclic) bond motifs is 1. The van der Waals surface area contributed by atoms with Crippen LogP contribution in [0.5, 0.6) is 5.88 Å². The molecular weight excluding hydrogens is 396 g/mol. The van der Waals surface area contributed by atoms with Crippen LogP contribution >= 0.6 is 23.5 Å². The molecule has 0 aliphatic carbocycles. The zero-order valence-electron chi connectivity index (χ0n) is 14.1. The highest BCUT2D eigenvalue weighted by Gasteiger charge is 2.17. The second-order valence-corrected chi connectivity index (χ2v) is 6.64. The first-order valence-electron chi connectivity index (χ1n) is 7.70. The average molecular weight is 410 g/mol. The summed E-state index contributed by atoms with van der Waals surface area (Å²) >= 11 is 6.89. The van der Waals surface area contributed by atoms with Gasteiger partial charge in [0, 0.05) is 38.1 Å². The molecule has 3 rings (SSSR count). The van der Waals surface area contributed by atoms with Gasteiger partial charge in [-0.3, -0.25) is 9.93 Å². The number of halogens is 3. The van der Waals surface area contributed by atoms with Crippen molar-refractivity contribution in [1.29, 1.82) is 0 Å². The van der Waals surface area contributed by atoms with Crippen LogP contribution in [0, 0.1) is 11.6 Å². The highest BCUT2D eigenvalue weighted by molar-refractivity contribution is 7.97. The smallest absolute Gasteiger partial charge is 0.228 e. The number of aromatic nitrogens is 1. The molecule has 0 saturated heterocycles. The Bertz CT molecular complexity index is 1030. The molecule has 0 atom stereocenters. The number of carbonyl (C=O) groups excluding carboxylic acids is 1. The number of amides is 1. The fraction of sp³-hybridized carbons (Fsp3) is 0.111. The predicted molar refractivity (Wildman–Crippen MR) is 102 cm³/mol. The summed E-state index contributed by atoms with van der Waals surface area (Å²) in [6, 6.07) is 7.24. The van der Waals surface area contributed by atoms with Crippen molar-refractivity contribution in [2.75, 3.05) is 12.4 Å². The van der Waals surface area contributed by atoms with E-state index in [-0.39, 0.29) is 10.6 Å². The molecule has 0 bridgehead atoms. The molecule has 27 heavy (non-hydrogen) atoms. The van der Waals surface area contributed by atoms with Gasteiger partial charge in [0.25, 0.3) is 0 Å². The van der Waals surface area contributed by atoms with Crippen molar-refractivity contribution < 1.29 is 18.3 Å². The maximum atomic E-state index is 13.9. The minimum atomic E-state index is -1.14. The molecule has 9 heteroatoms. The van der Waals surface area contributed by atoms with Crippen LogP contribution in [0.25, 0.3) is 10.8 Å². The summed E-state index contributed by atoms with van der Waals surface area (Å²) in [5.41, 5.74) is 0.210. The molecule has 0 spiro atoms. The molecular formula is C18H14ClF2N3O2S. The summed E-state index contributed by atoms with van der Waals surface area (Å²) in [6.07, 6.45) is 1.17. The number of nitrogens with one attached hydrogen (secondary N) is 1. The van der Waals surface area contributed by atoms with E-state index in [1.165, 1.54) is 13.2 Å². The van der Waals surface area contributed by atoms with Crippen LogP contribution in [0.15, 0.2) is 41.4 Å². The lowest BCUT2D eigenvalue weighted by atomic mass is 10.1. The van der Waals surface area contributed by atoms with Gasteiger partial charge in [-0.2, -0.15) is 0 Å². The topological polar surface area (TPSA) is 77.2 Å². The zero-order valence-corrected chi connectivity index (χ0v) is 15.6. The zero-order chi connectivity index (χ0) is 19.6. The van der Waals surface area contributed by atoms with E-state index >= 15 is 0 Å². The van der Waals surface area contributed by atoms with E-state index < -0.39 is 24.0 Å². The van der Waals surface area contributed by atoms with Gasteiger partial charge >= 0.3 is 0 Å². The first-order valence-corrected chi connectivity index (χ1v) is 8.96. The number of methoxy groups -OCH3 is 1. The maximum absolute atomic E-state index is 13.9. The number of anilines is 1. The first-order chi connectivity index (χ1) is 12.9. The summed E-state index contributed by atoms with van der Waals surface area (Å²) in [4.78, 5) is 17.2. The number of carbonyl (C=O) groups is 1. The van der Waals surface area contributed by atoms with Crippen molar-refractivity contribution in [3.8, 4) is 5.88 Å². The third kappa shape index (κ3) is 3.97. The monoisotopic (exact) mass is 409 g/mol. The summed E-state index contributed by atoms with van der Waals surface area (Å²) < 4.78 is 32.5. The number of nitrogens with zero attached hydrogens (tertiary/aromatic N) is 1. The SMILES string of the molecule is COc1nccc2c(SN)cc(NC(=O)Cc3c(Cl)ccc(F)c3F)cc12. The van der Waals surface area contributed by atoms with Crippen LogP contribution in [0.1, 0.15) is 5.56 Å². The number of ether oxygens (including phenoxy) is 1. The molecule has 2 aromatic carbocycles. The standard InChI is InChI=1S/C18H14ClF2N3O2S/c1-26-18-11-6-9(7-15(27-22)10(11)4-5-23-18)24-16(25)8-12-13(19)2-3-14(20)17(12)21/h2-7H,8,22H2,1H3,(H,24,25). The van der Waals surface area contributed by atoms with Gasteiger partial charge in [0.05, 0.1) is 13.5 Å². The Morgan fingerprint density at radius 2 is 2.07 bits per heavy atom. The van der Waals surface area contributed by atoms with Crippen LogP contribution < -0.4 is 15.2 Å². The van der Waals surface area contributed by atoms with E-state index in [1.807, 2.05) is 0 Å². The van der Waals surface area contributed by atoms with Crippen molar-refractivity contribution in [1.82, 2.24) is 4.98 Å². The molecule has 3 N–H and O–H groups in total. The molecule has 3 aromatic rings. The van der Waals surface area contributed by atoms with Crippen LogP contribution in [0.2, 0.25) is 5.02 Å². The Morgan fingerprint density at radius 1 is 1.30 bits per heavy atom. The van der Waals surface area contributed by atoms with Crippen LogP contribution in [0.3, 0.4) is 0 Å². The fourth-order valence-corrected chi connectivity index (χ4v) is 3.37. The Labute approximate surface area is 163 Å². The van der Waals surface area contributed by atoms with E-state index in [9.17, 15) is 13.6 Å². The van der Waals surface area contributed by atoms with Crippen LogP contribution in [-0.2, 0) is 11.2 Å². The highest BCUT2D eigenvalue weighted by Crippen LogP contribution is 2.33. The van der Waals surface area contributed by atoms with Gasteiger partial charge < -0.3 is 10.1 Å². The molecule has 0 radical (unpaired) electrons. The summed E-state index contributed by atoms with van der Waals surface area (Å²) in [7, 11) is 1.48. The molecule has 1 heterocycles. The number of hydrogen-bond donors (Lipinski definition) is 2. The number of nitrogens with two attached hydrogens (primary N) is 1. The average Bonchev–Trinajstić information content (AvgIpc) is 2.67. The van der Waals surface area contributed by atoms with Gasteiger partial charge in [-0.1, -0.05) is 11.6 Å². The van der Waals surface area contributed by atoms with E-state index in [4.69, 9.17) is 21.5 Å². The van der Waals surface area contributed by atoms with Gasteiger partial charge in [-0.05, 0) is 42.3 Å². The third-order valence-electron chi connectivity index (χ3n) is 3.89. The van der Waals surface area contributed by atoms with Gasteiger partial charge in [0.1, 0.15) is 0 Å². The molecule has 5 nitrogen and oxygen atoms in total. The minimum Gasteiger partial charge on any atom is -0.481 e. The second kappa shape index (κ2) is 8.08. The number of rotatable bonds is 5. The van der Waals surface area contributed by atoms with Gasteiger partial charge in [0.2, 0.25) is 11.8 Å². The Hall–Kier alpha value is -2.42. The van der Waals surface area contributed by atoms with E-state index in [1.54, 1.807) is 24.4 Å². The maximum Gasteiger partial charge on any atom is 0.228 e. The Kier molecular flexibility index (Phi) is 5.79. The first kappa shape index (κ1) is 19.3. The van der Waals surface area contributed by atoms with Crippen molar-refractivity contribution in [2.24, 2.45) is 5.14 Å². The molecule has 0 aliphatic heterocycles. The summed E-state index contributed by atoms with van der Waals surface area (Å²) in [5.74, 6) is -2.39. The number of benzene rings is 2. The summed E-state index contributed by atoms with van der Waals surface area (Å²) in [6.45, 7) is 0. The van der Waals surface area contributed by atoms with E-state index in [2.05, 4.69) is 10.3 Å². The van der Waals surface area contributed by atoms with Gasteiger partial charge in [-0.25, -0.2) is 13.8 Å². The quantitative estimate of drug-likeness (QED) is 0.484. The van der Waals surface area contributed by atoms with Gasteiger partial charge in [-0.15, -0.1) is 0 Å². The molecule has 0 aliphatic rings. The lowest BCUT2D eigenvalue weighted by Crippen LogP contribution is -2.16. The van der Waals surface area contributed by atoms with E-state index in [0.29, 0.717) is 21.8 Å². The predicted octanol–water partition coefficient (Wildman–Crippen LogP) is 4.32. The minimum absolute atomic E-state index is 0.0216. The van der Waals surface area contributed by atoms with Crippen molar-refractivity contribution >= 4 is 45.9 Å².